The molecule has 0 radical (unpaired) electrons. The quantitative estimate of drug-likeness (QED) is 0.341. The minimum Gasteiger partial charge on any atom is -0.354 e. The van der Waals surface area contributed by atoms with E-state index < -0.39 is 5.82 Å². The molecule has 3 N–H and O–H groups in total. The predicted molar refractivity (Wildman–Crippen MR) is 131 cm³/mol. The highest BCUT2D eigenvalue weighted by Gasteiger charge is 2.20. The minimum atomic E-state index is -0.514. The molecule has 0 amide bonds. The van der Waals surface area contributed by atoms with Gasteiger partial charge in [-0.05, 0) is 53.9 Å². The maximum Gasteiger partial charge on any atom is 0.210 e. The fraction of sp³-hybridized carbons (Fsp3) is 0.120. The van der Waals surface area contributed by atoms with Gasteiger partial charge in [0.1, 0.15) is 18.0 Å². The Morgan fingerprint density at radius 2 is 1.77 bits per heavy atom. The lowest BCUT2D eigenvalue weighted by Gasteiger charge is -2.17. The molecule has 10 heteroatoms. The highest BCUT2D eigenvalue weighted by Crippen LogP contribution is 2.36. The first-order valence-corrected chi connectivity index (χ1v) is 11.2. The number of nitrogens with one attached hydrogen (secondary N) is 1. The summed E-state index contributed by atoms with van der Waals surface area (Å²) >= 11 is 6.08. The molecular formula is C25H20ClF2N7. The molecule has 176 valence electrons. The first-order chi connectivity index (χ1) is 17.0. The normalized spacial score (nSPS) is 12.1. The third-order valence-electron chi connectivity index (χ3n) is 5.55. The molecule has 0 saturated carbocycles. The maximum atomic E-state index is 13.9. The van der Waals surface area contributed by atoms with E-state index in [9.17, 15) is 8.78 Å². The topological polar surface area (TPSA) is 94.0 Å². The molecule has 0 bridgehead atoms. The molecule has 5 aromatic rings. The number of hydrogen-bond acceptors (Lipinski definition) is 6. The number of anilines is 1. The van der Waals surface area contributed by atoms with Gasteiger partial charge >= 0.3 is 0 Å². The van der Waals surface area contributed by atoms with Crippen molar-refractivity contribution in [1.29, 1.82) is 0 Å². The summed E-state index contributed by atoms with van der Waals surface area (Å²) in [6, 6.07) is 14.1. The summed E-state index contributed by atoms with van der Waals surface area (Å²) < 4.78 is 28.8. The number of nitrogens with zero attached hydrogens (tertiary/aromatic N) is 5. The molecule has 0 saturated heterocycles. The number of hydrogen-bond donors (Lipinski definition) is 2. The van der Waals surface area contributed by atoms with Crippen LogP contribution in [0.3, 0.4) is 0 Å². The lowest BCUT2D eigenvalue weighted by Crippen LogP contribution is -2.32. The number of halogens is 3. The lowest BCUT2D eigenvalue weighted by atomic mass is 10.0. The van der Waals surface area contributed by atoms with Crippen molar-refractivity contribution in [2.75, 3.05) is 11.9 Å². The zero-order chi connectivity index (χ0) is 24.4. The van der Waals surface area contributed by atoms with Crippen LogP contribution in [0.1, 0.15) is 5.56 Å². The fourth-order valence-corrected chi connectivity index (χ4v) is 4.04. The SMILES string of the molecule is N[C@@H](CNc1nc(-c2ccncc2)c(-c2ccc(F)c(Cl)c2)c2nncn12)Cc1ccc(F)cc1. The van der Waals surface area contributed by atoms with Crippen LogP contribution in [0, 0.1) is 11.6 Å². The van der Waals surface area contributed by atoms with E-state index in [2.05, 4.69) is 20.5 Å². The third kappa shape index (κ3) is 4.82. The van der Waals surface area contributed by atoms with Crippen molar-refractivity contribution in [1.82, 2.24) is 24.6 Å². The van der Waals surface area contributed by atoms with Crippen molar-refractivity contribution >= 4 is 23.2 Å². The number of pyridine rings is 1. The second-order valence-electron chi connectivity index (χ2n) is 8.02. The molecule has 0 spiro atoms. The maximum absolute atomic E-state index is 13.9. The Balaban J connectivity index is 1.53. The van der Waals surface area contributed by atoms with E-state index in [1.807, 2.05) is 12.1 Å². The van der Waals surface area contributed by atoms with Crippen LogP contribution in [0.5, 0.6) is 0 Å². The highest BCUT2D eigenvalue weighted by molar-refractivity contribution is 6.31. The van der Waals surface area contributed by atoms with Crippen molar-refractivity contribution in [2.45, 2.75) is 12.5 Å². The van der Waals surface area contributed by atoms with Crippen LogP contribution in [0.15, 0.2) is 73.3 Å². The Kier molecular flexibility index (Phi) is 6.35. The summed E-state index contributed by atoms with van der Waals surface area (Å²) in [6.07, 6.45) is 5.43. The molecule has 0 unspecified atom stereocenters. The van der Waals surface area contributed by atoms with Gasteiger partial charge in [0.15, 0.2) is 5.65 Å². The van der Waals surface area contributed by atoms with Crippen LogP contribution < -0.4 is 11.1 Å². The second kappa shape index (κ2) is 9.73. The van der Waals surface area contributed by atoms with Gasteiger partial charge in [0.25, 0.3) is 0 Å². The number of aromatic nitrogens is 5. The van der Waals surface area contributed by atoms with Crippen molar-refractivity contribution < 1.29 is 8.78 Å². The van der Waals surface area contributed by atoms with E-state index in [0.717, 1.165) is 11.1 Å². The molecule has 0 aliphatic carbocycles. The summed E-state index contributed by atoms with van der Waals surface area (Å²) in [5.41, 5.74) is 10.5. The van der Waals surface area contributed by atoms with E-state index in [4.69, 9.17) is 22.3 Å². The smallest absolute Gasteiger partial charge is 0.210 e. The molecule has 0 aliphatic rings. The van der Waals surface area contributed by atoms with Crippen LogP contribution in [0.25, 0.3) is 28.0 Å². The van der Waals surface area contributed by atoms with Gasteiger partial charge in [-0.25, -0.2) is 13.8 Å². The molecule has 2 aromatic carbocycles. The number of nitrogens with two attached hydrogens (primary N) is 1. The number of benzene rings is 2. The van der Waals surface area contributed by atoms with Gasteiger partial charge in [0.2, 0.25) is 5.95 Å². The van der Waals surface area contributed by atoms with Gasteiger partial charge in [0.05, 0.1) is 16.3 Å². The molecule has 3 heterocycles. The van der Waals surface area contributed by atoms with Crippen LogP contribution in [-0.4, -0.2) is 37.2 Å². The number of rotatable bonds is 7. The predicted octanol–water partition coefficient (Wildman–Crippen LogP) is 4.77. The van der Waals surface area contributed by atoms with E-state index in [0.29, 0.717) is 41.4 Å². The highest BCUT2D eigenvalue weighted by atomic mass is 35.5. The molecule has 0 aliphatic heterocycles. The molecule has 1 atom stereocenters. The van der Waals surface area contributed by atoms with Gasteiger partial charge in [-0.15, -0.1) is 10.2 Å². The first-order valence-electron chi connectivity index (χ1n) is 10.8. The zero-order valence-electron chi connectivity index (χ0n) is 18.4. The van der Waals surface area contributed by atoms with E-state index in [-0.39, 0.29) is 16.9 Å². The Bertz CT molecular complexity index is 1470. The Morgan fingerprint density at radius 3 is 2.51 bits per heavy atom. The van der Waals surface area contributed by atoms with Crippen LogP contribution >= 0.6 is 11.6 Å². The average Bonchev–Trinajstić information content (AvgIpc) is 3.36. The largest absolute Gasteiger partial charge is 0.354 e. The van der Waals surface area contributed by atoms with E-state index >= 15 is 0 Å². The lowest BCUT2D eigenvalue weighted by molar-refractivity contribution is 0.625. The van der Waals surface area contributed by atoms with Gasteiger partial charge in [0, 0.05) is 30.5 Å². The zero-order valence-corrected chi connectivity index (χ0v) is 19.1. The molecule has 0 fully saturated rings. The first kappa shape index (κ1) is 22.8. The van der Waals surface area contributed by atoms with Gasteiger partial charge < -0.3 is 11.1 Å². The fourth-order valence-electron chi connectivity index (χ4n) is 3.86. The molecule has 3 aromatic heterocycles. The third-order valence-corrected chi connectivity index (χ3v) is 5.84. The standard InChI is InChI=1S/C25H20ClF2N7/c26-20-12-17(3-6-21(20)28)22-23(16-7-9-30-10-8-16)33-25(35-14-32-34-24(22)35)31-13-19(29)11-15-1-4-18(27)5-2-15/h1-10,12,14,19H,11,13,29H2,(H,31,33)/t19-/m1/s1. The van der Waals surface area contributed by atoms with Gasteiger partial charge in [-0.1, -0.05) is 29.8 Å². The van der Waals surface area contributed by atoms with Crippen molar-refractivity contribution in [3.05, 3.63) is 95.5 Å². The van der Waals surface area contributed by atoms with Crippen LogP contribution in [0.2, 0.25) is 5.02 Å². The summed E-state index contributed by atoms with van der Waals surface area (Å²) in [4.78, 5) is 8.96. The Labute approximate surface area is 204 Å². The second-order valence-corrected chi connectivity index (χ2v) is 8.43. The Morgan fingerprint density at radius 1 is 1.00 bits per heavy atom. The summed E-state index contributed by atoms with van der Waals surface area (Å²) in [5, 5.41) is 11.7. The summed E-state index contributed by atoms with van der Waals surface area (Å²) in [7, 11) is 0. The molecule has 7 nitrogen and oxygen atoms in total. The minimum absolute atomic E-state index is 0.00480. The van der Waals surface area contributed by atoms with Gasteiger partial charge in [-0.3, -0.25) is 9.38 Å². The van der Waals surface area contributed by atoms with Crippen LogP contribution in [-0.2, 0) is 6.42 Å². The molecule has 5 rings (SSSR count). The van der Waals surface area contributed by atoms with Gasteiger partial charge in [-0.2, -0.15) is 0 Å². The average molecular weight is 492 g/mol. The molecular weight excluding hydrogens is 472 g/mol. The monoisotopic (exact) mass is 491 g/mol. The van der Waals surface area contributed by atoms with E-state index in [1.165, 1.54) is 18.2 Å². The van der Waals surface area contributed by atoms with E-state index in [1.54, 1.807) is 47.4 Å². The van der Waals surface area contributed by atoms with Crippen molar-refractivity contribution in [3.8, 4) is 22.4 Å². The Hall–Kier alpha value is -3.95. The van der Waals surface area contributed by atoms with Crippen LogP contribution in [0.4, 0.5) is 14.7 Å². The molecule has 35 heavy (non-hydrogen) atoms. The number of fused-ring (bicyclic) bond motifs is 1. The summed E-state index contributed by atoms with van der Waals surface area (Å²) in [5.74, 6) is -0.311. The van der Waals surface area contributed by atoms with Crippen molar-refractivity contribution in [3.63, 3.8) is 0 Å². The van der Waals surface area contributed by atoms with Crippen molar-refractivity contribution in [2.24, 2.45) is 5.73 Å². The summed E-state index contributed by atoms with van der Waals surface area (Å²) in [6.45, 7) is 0.398.